The van der Waals surface area contributed by atoms with Crippen molar-refractivity contribution >= 4 is 23.4 Å². The van der Waals surface area contributed by atoms with Gasteiger partial charge in [0.2, 0.25) is 5.91 Å². The van der Waals surface area contributed by atoms with Crippen molar-refractivity contribution in [2.24, 2.45) is 0 Å². The van der Waals surface area contributed by atoms with Crippen molar-refractivity contribution in [1.29, 1.82) is 0 Å². The van der Waals surface area contributed by atoms with Gasteiger partial charge in [0, 0.05) is 21.8 Å². The quantitative estimate of drug-likeness (QED) is 0.638. The molecule has 0 radical (unpaired) electrons. The van der Waals surface area contributed by atoms with E-state index in [0.29, 0.717) is 12.1 Å². The van der Waals surface area contributed by atoms with E-state index in [1.54, 1.807) is 6.07 Å². The first-order valence-electron chi connectivity index (χ1n) is 10.6. The SMILES string of the molecule is O=C(C[C@H]1NC(=O)c2ccccc21)N[C@H]1CCCc2c1cnn2Cc1ccc(Cl)cc1. The second-order valence-corrected chi connectivity index (χ2v) is 8.60. The van der Waals surface area contributed by atoms with Crippen LogP contribution in [0.1, 0.15) is 64.1 Å². The molecular weight excluding hydrogens is 412 g/mol. The van der Waals surface area contributed by atoms with E-state index < -0.39 is 0 Å². The summed E-state index contributed by atoms with van der Waals surface area (Å²) in [4.78, 5) is 24.9. The third kappa shape index (κ3) is 3.95. The fourth-order valence-electron chi connectivity index (χ4n) is 4.59. The molecule has 0 saturated heterocycles. The number of nitrogens with one attached hydrogen (secondary N) is 2. The standard InChI is InChI=1S/C24H23ClN4O2/c25-16-10-8-15(9-11-16)14-29-22-7-3-6-20(19(22)13-26-29)27-23(30)12-21-17-4-1-2-5-18(17)24(31)28-21/h1-2,4-5,8-11,13,20-21H,3,6-7,12,14H2,(H,27,30)(H,28,31)/t20-,21+/m0/s1. The van der Waals surface area contributed by atoms with Crippen molar-refractivity contribution in [3.05, 3.63) is 87.7 Å². The Morgan fingerprint density at radius 3 is 2.81 bits per heavy atom. The van der Waals surface area contributed by atoms with Gasteiger partial charge in [0.1, 0.15) is 0 Å². The maximum atomic E-state index is 12.8. The summed E-state index contributed by atoms with van der Waals surface area (Å²) in [6, 6.07) is 14.9. The number of rotatable bonds is 5. The summed E-state index contributed by atoms with van der Waals surface area (Å²) in [6.45, 7) is 0.679. The van der Waals surface area contributed by atoms with Crippen molar-refractivity contribution in [2.45, 2.75) is 44.3 Å². The van der Waals surface area contributed by atoms with E-state index in [1.807, 2.05) is 53.3 Å². The minimum Gasteiger partial charge on any atom is -0.349 e. The summed E-state index contributed by atoms with van der Waals surface area (Å²) in [5.41, 5.74) is 4.94. The molecule has 0 fully saturated rings. The predicted molar refractivity (Wildman–Crippen MR) is 118 cm³/mol. The molecule has 6 nitrogen and oxygen atoms in total. The molecule has 158 valence electrons. The van der Waals surface area contributed by atoms with Crippen molar-refractivity contribution < 1.29 is 9.59 Å². The van der Waals surface area contributed by atoms with Gasteiger partial charge in [-0.2, -0.15) is 5.10 Å². The average Bonchev–Trinajstić information content (AvgIpc) is 3.32. The van der Waals surface area contributed by atoms with Crippen LogP contribution in [0.15, 0.2) is 54.7 Å². The van der Waals surface area contributed by atoms with Gasteiger partial charge in [0.15, 0.2) is 0 Å². The van der Waals surface area contributed by atoms with Gasteiger partial charge in [-0.05, 0) is 48.6 Å². The van der Waals surface area contributed by atoms with Gasteiger partial charge in [-0.15, -0.1) is 0 Å². The fraction of sp³-hybridized carbons (Fsp3) is 0.292. The number of benzene rings is 2. The third-order valence-electron chi connectivity index (χ3n) is 6.12. The highest BCUT2D eigenvalue weighted by atomic mass is 35.5. The first-order chi connectivity index (χ1) is 15.1. The van der Waals surface area contributed by atoms with Crippen molar-refractivity contribution in [3.8, 4) is 0 Å². The fourth-order valence-corrected chi connectivity index (χ4v) is 4.71. The zero-order valence-corrected chi connectivity index (χ0v) is 17.7. The molecule has 0 saturated carbocycles. The molecule has 2 N–H and O–H groups in total. The monoisotopic (exact) mass is 434 g/mol. The lowest BCUT2D eigenvalue weighted by molar-refractivity contribution is -0.122. The molecule has 1 aromatic heterocycles. The number of fused-ring (bicyclic) bond motifs is 2. The lowest BCUT2D eigenvalue weighted by Gasteiger charge is -2.25. The van der Waals surface area contributed by atoms with Gasteiger partial charge >= 0.3 is 0 Å². The molecule has 5 rings (SSSR count). The maximum Gasteiger partial charge on any atom is 0.252 e. The molecule has 2 atom stereocenters. The summed E-state index contributed by atoms with van der Waals surface area (Å²) >= 11 is 5.99. The minimum absolute atomic E-state index is 0.0532. The van der Waals surface area contributed by atoms with Crippen LogP contribution >= 0.6 is 11.6 Å². The van der Waals surface area contributed by atoms with Gasteiger partial charge in [-0.3, -0.25) is 14.3 Å². The number of amides is 2. The summed E-state index contributed by atoms with van der Waals surface area (Å²) in [5, 5.41) is 11.4. The van der Waals surface area contributed by atoms with E-state index in [1.165, 1.54) is 5.69 Å². The molecule has 0 bridgehead atoms. The van der Waals surface area contributed by atoms with Crippen LogP contribution in [0.2, 0.25) is 5.02 Å². The molecule has 3 aromatic rings. The number of nitrogens with zero attached hydrogens (tertiary/aromatic N) is 2. The Morgan fingerprint density at radius 2 is 1.97 bits per heavy atom. The molecule has 1 aliphatic carbocycles. The second kappa shape index (κ2) is 8.19. The predicted octanol–water partition coefficient (Wildman–Crippen LogP) is 3.95. The van der Waals surface area contributed by atoms with Crippen molar-refractivity contribution in [1.82, 2.24) is 20.4 Å². The van der Waals surface area contributed by atoms with Crippen LogP contribution in [0, 0.1) is 0 Å². The summed E-state index contributed by atoms with van der Waals surface area (Å²) < 4.78 is 2.02. The molecule has 2 aromatic carbocycles. The van der Waals surface area contributed by atoms with Crippen LogP contribution in [-0.2, 0) is 17.8 Å². The first kappa shape index (κ1) is 19.8. The summed E-state index contributed by atoms with van der Waals surface area (Å²) in [7, 11) is 0. The van der Waals surface area contributed by atoms with Gasteiger partial charge < -0.3 is 10.6 Å². The Balaban J connectivity index is 1.28. The molecule has 0 spiro atoms. The van der Waals surface area contributed by atoms with Crippen molar-refractivity contribution in [3.63, 3.8) is 0 Å². The lowest BCUT2D eigenvalue weighted by Crippen LogP contribution is -2.33. The summed E-state index contributed by atoms with van der Waals surface area (Å²) in [6.07, 6.45) is 4.93. The smallest absolute Gasteiger partial charge is 0.252 e. The van der Waals surface area contributed by atoms with E-state index in [4.69, 9.17) is 11.6 Å². The zero-order chi connectivity index (χ0) is 21.4. The Kier molecular flexibility index (Phi) is 5.24. The lowest BCUT2D eigenvalue weighted by atomic mass is 9.92. The van der Waals surface area contributed by atoms with E-state index >= 15 is 0 Å². The van der Waals surface area contributed by atoms with Crippen LogP contribution < -0.4 is 10.6 Å². The van der Waals surface area contributed by atoms with E-state index in [-0.39, 0.29) is 30.3 Å². The Bertz CT molecular complexity index is 1140. The number of aromatic nitrogens is 2. The van der Waals surface area contributed by atoms with Gasteiger partial charge in [0.05, 0.1) is 31.2 Å². The van der Waals surface area contributed by atoms with E-state index in [2.05, 4.69) is 15.7 Å². The molecule has 31 heavy (non-hydrogen) atoms. The largest absolute Gasteiger partial charge is 0.349 e. The molecule has 0 unspecified atom stereocenters. The Hall–Kier alpha value is -3.12. The maximum absolute atomic E-state index is 12.8. The van der Waals surface area contributed by atoms with Gasteiger partial charge in [-0.1, -0.05) is 41.9 Å². The highest BCUT2D eigenvalue weighted by molar-refractivity contribution is 6.30. The number of carbonyl (C=O) groups excluding carboxylic acids is 2. The molecule has 2 aliphatic rings. The molecule has 1 aliphatic heterocycles. The third-order valence-corrected chi connectivity index (χ3v) is 6.37. The topological polar surface area (TPSA) is 76.0 Å². The van der Waals surface area contributed by atoms with E-state index in [9.17, 15) is 9.59 Å². The number of halogens is 1. The highest BCUT2D eigenvalue weighted by Crippen LogP contribution is 2.31. The molecular formula is C24H23ClN4O2. The average molecular weight is 435 g/mol. The second-order valence-electron chi connectivity index (χ2n) is 8.16. The summed E-state index contributed by atoms with van der Waals surface area (Å²) in [5.74, 6) is -0.179. The van der Waals surface area contributed by atoms with Crippen LogP contribution in [0.5, 0.6) is 0 Å². The highest BCUT2D eigenvalue weighted by Gasteiger charge is 2.31. The van der Waals surface area contributed by atoms with Gasteiger partial charge in [-0.25, -0.2) is 0 Å². The molecule has 2 amide bonds. The van der Waals surface area contributed by atoms with Gasteiger partial charge in [0.25, 0.3) is 5.91 Å². The number of hydrogen-bond donors (Lipinski definition) is 2. The zero-order valence-electron chi connectivity index (χ0n) is 17.0. The van der Waals surface area contributed by atoms with Crippen LogP contribution in [0.25, 0.3) is 0 Å². The number of carbonyl (C=O) groups is 2. The van der Waals surface area contributed by atoms with Crippen molar-refractivity contribution in [2.75, 3.05) is 0 Å². The first-order valence-corrected chi connectivity index (χ1v) is 10.9. The van der Waals surface area contributed by atoms with Crippen LogP contribution in [-0.4, -0.2) is 21.6 Å². The normalized spacial score (nSPS) is 19.5. The van der Waals surface area contributed by atoms with Crippen LogP contribution in [0.4, 0.5) is 0 Å². The molecule has 2 heterocycles. The Morgan fingerprint density at radius 1 is 1.16 bits per heavy atom. The van der Waals surface area contributed by atoms with E-state index in [0.717, 1.165) is 41.0 Å². The Labute approximate surface area is 185 Å². The van der Waals surface area contributed by atoms with Crippen LogP contribution in [0.3, 0.4) is 0 Å². The molecule has 7 heteroatoms. The minimum atomic E-state index is -0.278. The number of hydrogen-bond acceptors (Lipinski definition) is 3.